The van der Waals surface area contributed by atoms with Gasteiger partial charge in [0.25, 0.3) is 0 Å². The smallest absolute Gasteiger partial charge is 0.0955 e. The Kier molecular flexibility index (Phi) is 4.76. The van der Waals surface area contributed by atoms with Gasteiger partial charge in [0.1, 0.15) is 0 Å². The Morgan fingerprint density at radius 1 is 1.44 bits per heavy atom. The summed E-state index contributed by atoms with van der Waals surface area (Å²) in [6.45, 7) is 4.68. The second-order valence-electron chi connectivity index (χ2n) is 5.16. The molecular formula is C14H23NO2S. The number of hydrogen-bond acceptors (Lipinski definition) is 4. The van der Waals surface area contributed by atoms with Gasteiger partial charge in [0.05, 0.1) is 16.7 Å². The highest BCUT2D eigenvalue weighted by Gasteiger charge is 2.40. The van der Waals surface area contributed by atoms with E-state index in [0.717, 1.165) is 36.4 Å². The molecule has 0 radical (unpaired) electrons. The molecule has 0 aromatic carbocycles. The van der Waals surface area contributed by atoms with E-state index >= 15 is 0 Å². The molecule has 1 fully saturated rings. The number of aliphatic hydroxyl groups is 1. The largest absolute Gasteiger partial charge is 0.390 e. The van der Waals surface area contributed by atoms with Gasteiger partial charge in [-0.2, -0.15) is 0 Å². The lowest BCUT2D eigenvalue weighted by Gasteiger charge is -2.40. The number of nitrogens with zero attached hydrogens (tertiary/aromatic N) is 1. The molecule has 1 aromatic rings. The van der Waals surface area contributed by atoms with Gasteiger partial charge in [-0.1, -0.05) is 19.3 Å². The minimum atomic E-state index is -0.428. The quantitative estimate of drug-likeness (QED) is 0.893. The summed E-state index contributed by atoms with van der Waals surface area (Å²) in [5.41, 5.74) is 0.711. The summed E-state index contributed by atoms with van der Waals surface area (Å²) < 4.78 is 5.94. The predicted molar refractivity (Wildman–Crippen MR) is 74.0 cm³/mol. The summed E-state index contributed by atoms with van der Waals surface area (Å²) in [6, 6.07) is 0. The summed E-state index contributed by atoms with van der Waals surface area (Å²) in [4.78, 5) is 4.44. The Hall–Kier alpha value is -0.450. The van der Waals surface area contributed by atoms with Crippen LogP contribution < -0.4 is 0 Å². The van der Waals surface area contributed by atoms with Crippen molar-refractivity contribution in [3.63, 3.8) is 0 Å². The van der Waals surface area contributed by atoms with Crippen LogP contribution in [0.2, 0.25) is 0 Å². The lowest BCUT2D eigenvalue weighted by atomic mass is 9.79. The van der Waals surface area contributed by atoms with E-state index < -0.39 is 6.10 Å². The van der Waals surface area contributed by atoms with Crippen molar-refractivity contribution >= 4 is 11.3 Å². The van der Waals surface area contributed by atoms with E-state index in [2.05, 4.69) is 4.98 Å². The fourth-order valence-corrected chi connectivity index (χ4v) is 3.67. The molecule has 0 bridgehead atoms. The van der Waals surface area contributed by atoms with Crippen molar-refractivity contribution in [3.05, 3.63) is 16.1 Å². The fraction of sp³-hybridized carbons (Fsp3) is 0.786. The topological polar surface area (TPSA) is 42.4 Å². The zero-order chi connectivity index (χ0) is 13.0. The molecule has 1 saturated carbocycles. The van der Waals surface area contributed by atoms with Gasteiger partial charge in [0.2, 0.25) is 0 Å². The van der Waals surface area contributed by atoms with Gasteiger partial charge in [-0.15, -0.1) is 11.3 Å². The van der Waals surface area contributed by atoms with E-state index in [0.29, 0.717) is 13.0 Å². The molecule has 18 heavy (non-hydrogen) atoms. The van der Waals surface area contributed by atoms with Crippen LogP contribution in [0.5, 0.6) is 0 Å². The maximum atomic E-state index is 10.6. The zero-order valence-electron chi connectivity index (χ0n) is 11.3. The van der Waals surface area contributed by atoms with Gasteiger partial charge in [-0.3, -0.25) is 0 Å². The summed E-state index contributed by atoms with van der Waals surface area (Å²) in [7, 11) is 0. The number of aryl methyl sites for hydroxylation is 1. The zero-order valence-corrected chi connectivity index (χ0v) is 12.1. The number of thiazole rings is 1. The van der Waals surface area contributed by atoms with Crippen molar-refractivity contribution in [1.82, 2.24) is 4.98 Å². The van der Waals surface area contributed by atoms with E-state index in [9.17, 15) is 5.11 Å². The summed E-state index contributed by atoms with van der Waals surface area (Å²) in [5.74, 6) is 0. The second kappa shape index (κ2) is 6.13. The molecule has 1 unspecified atom stereocenters. The van der Waals surface area contributed by atoms with Crippen LogP contribution in [0.15, 0.2) is 5.38 Å². The molecule has 3 nitrogen and oxygen atoms in total. The Balaban J connectivity index is 2.05. The normalized spacial score (nSPS) is 20.8. The Bertz CT molecular complexity index is 366. The monoisotopic (exact) mass is 269 g/mol. The van der Waals surface area contributed by atoms with Crippen molar-refractivity contribution in [3.8, 4) is 0 Å². The highest BCUT2D eigenvalue weighted by molar-refractivity contribution is 7.09. The molecular weight excluding hydrogens is 246 g/mol. The van der Waals surface area contributed by atoms with E-state index in [1.165, 1.54) is 6.42 Å². The van der Waals surface area contributed by atoms with Crippen LogP contribution in [-0.2, 0) is 11.2 Å². The van der Waals surface area contributed by atoms with Crippen molar-refractivity contribution in [2.45, 2.75) is 64.1 Å². The van der Waals surface area contributed by atoms with Crippen molar-refractivity contribution < 1.29 is 9.84 Å². The SMILES string of the molecule is CCOC1(C(O)Cc2nc(C)cs2)CCCCC1. The van der Waals surface area contributed by atoms with Gasteiger partial charge in [-0.25, -0.2) is 4.98 Å². The molecule has 4 heteroatoms. The first-order chi connectivity index (χ1) is 8.66. The average molecular weight is 269 g/mol. The first kappa shape index (κ1) is 14.0. The first-order valence-corrected chi connectivity index (χ1v) is 7.77. The summed E-state index contributed by atoms with van der Waals surface area (Å²) in [5, 5.41) is 13.6. The van der Waals surface area contributed by atoms with E-state index in [4.69, 9.17) is 4.74 Å². The molecule has 0 spiro atoms. The third-order valence-corrected chi connectivity index (χ3v) is 4.76. The van der Waals surface area contributed by atoms with Crippen LogP contribution in [0, 0.1) is 6.92 Å². The molecule has 1 heterocycles. The van der Waals surface area contributed by atoms with Gasteiger partial charge < -0.3 is 9.84 Å². The number of aliphatic hydroxyl groups excluding tert-OH is 1. The van der Waals surface area contributed by atoms with Gasteiger partial charge >= 0.3 is 0 Å². The second-order valence-corrected chi connectivity index (χ2v) is 6.10. The lowest BCUT2D eigenvalue weighted by molar-refractivity contribution is -0.138. The number of aromatic nitrogens is 1. The molecule has 102 valence electrons. The molecule has 0 amide bonds. The summed E-state index contributed by atoms with van der Waals surface area (Å²) in [6.07, 6.45) is 5.74. The van der Waals surface area contributed by atoms with Crippen LogP contribution in [0.25, 0.3) is 0 Å². The highest BCUT2D eigenvalue weighted by atomic mass is 32.1. The van der Waals surface area contributed by atoms with Crippen LogP contribution >= 0.6 is 11.3 Å². The molecule has 1 aromatic heterocycles. The Morgan fingerprint density at radius 2 is 2.17 bits per heavy atom. The van der Waals surface area contributed by atoms with Gasteiger partial charge in [0.15, 0.2) is 0 Å². The Morgan fingerprint density at radius 3 is 2.72 bits per heavy atom. The van der Waals surface area contributed by atoms with E-state index in [1.807, 2.05) is 19.2 Å². The minimum absolute atomic E-state index is 0.327. The standard InChI is InChI=1S/C14H23NO2S/c1-3-17-14(7-5-4-6-8-14)12(16)9-13-15-11(2)10-18-13/h10,12,16H,3-9H2,1-2H3. The predicted octanol–water partition coefficient (Wildman–Crippen LogP) is 3.09. The van der Waals surface area contributed by atoms with Crippen LogP contribution in [-0.4, -0.2) is 28.4 Å². The van der Waals surface area contributed by atoms with Crippen molar-refractivity contribution in [1.29, 1.82) is 0 Å². The third-order valence-electron chi connectivity index (χ3n) is 3.77. The summed E-state index contributed by atoms with van der Waals surface area (Å²) >= 11 is 1.63. The Labute approximate surface area is 113 Å². The molecule has 2 rings (SSSR count). The fourth-order valence-electron chi connectivity index (χ4n) is 2.86. The molecule has 0 aliphatic heterocycles. The number of rotatable bonds is 5. The van der Waals surface area contributed by atoms with Crippen LogP contribution in [0.1, 0.15) is 49.7 Å². The van der Waals surface area contributed by atoms with Gasteiger partial charge in [-0.05, 0) is 26.7 Å². The molecule has 1 atom stereocenters. The lowest BCUT2D eigenvalue weighted by Crippen LogP contribution is -2.47. The molecule has 1 aliphatic carbocycles. The minimum Gasteiger partial charge on any atom is -0.390 e. The highest BCUT2D eigenvalue weighted by Crippen LogP contribution is 2.36. The van der Waals surface area contributed by atoms with Crippen LogP contribution in [0.3, 0.4) is 0 Å². The average Bonchev–Trinajstić information content (AvgIpc) is 2.76. The van der Waals surface area contributed by atoms with E-state index in [-0.39, 0.29) is 5.60 Å². The third kappa shape index (κ3) is 3.11. The maximum Gasteiger partial charge on any atom is 0.0955 e. The maximum absolute atomic E-state index is 10.6. The van der Waals surface area contributed by atoms with Crippen LogP contribution in [0.4, 0.5) is 0 Å². The number of ether oxygens (including phenoxy) is 1. The number of hydrogen-bond donors (Lipinski definition) is 1. The van der Waals surface area contributed by atoms with E-state index in [1.54, 1.807) is 11.3 Å². The molecule has 1 N–H and O–H groups in total. The van der Waals surface area contributed by atoms with Crippen molar-refractivity contribution in [2.75, 3.05) is 6.61 Å². The van der Waals surface area contributed by atoms with Gasteiger partial charge in [0, 0.05) is 24.1 Å². The van der Waals surface area contributed by atoms with Crippen molar-refractivity contribution in [2.24, 2.45) is 0 Å². The first-order valence-electron chi connectivity index (χ1n) is 6.89. The molecule has 0 saturated heterocycles. The molecule has 1 aliphatic rings.